The number of aromatic hydroxyl groups is 1. The second-order valence-electron chi connectivity index (χ2n) is 4.55. The summed E-state index contributed by atoms with van der Waals surface area (Å²) in [4.78, 5) is -0.0475. The van der Waals surface area contributed by atoms with E-state index in [4.69, 9.17) is 21.6 Å². The van der Waals surface area contributed by atoms with Gasteiger partial charge in [0.1, 0.15) is 5.75 Å². The van der Waals surface area contributed by atoms with Gasteiger partial charge in [-0.15, -0.1) is 0 Å². The zero-order valence-corrected chi connectivity index (χ0v) is 13.1. The lowest BCUT2D eigenvalue weighted by molar-refractivity contribution is 0.425. The van der Waals surface area contributed by atoms with Crippen LogP contribution in [0.15, 0.2) is 47.4 Å². The van der Waals surface area contributed by atoms with Gasteiger partial charge in [-0.2, -0.15) is 0 Å². The summed E-state index contributed by atoms with van der Waals surface area (Å²) in [6.07, 6.45) is 0. The van der Waals surface area contributed by atoms with Crippen LogP contribution in [-0.2, 0) is 10.0 Å². The fourth-order valence-corrected chi connectivity index (χ4v) is 3.24. The van der Waals surface area contributed by atoms with Gasteiger partial charge in [0.15, 0.2) is 0 Å². The number of anilines is 1. The Morgan fingerprint density at radius 3 is 2.18 bits per heavy atom. The summed E-state index contributed by atoms with van der Waals surface area (Å²) in [5.41, 5.74) is 0.256. The van der Waals surface area contributed by atoms with Crippen molar-refractivity contribution in [1.82, 2.24) is 0 Å². The van der Waals surface area contributed by atoms with Crippen molar-refractivity contribution in [3.05, 3.63) is 47.5 Å². The maximum atomic E-state index is 12.5. The number of hydrogen-bond donors (Lipinski definition) is 3. The van der Waals surface area contributed by atoms with Gasteiger partial charge < -0.3 is 15.2 Å². The van der Waals surface area contributed by atoms with Gasteiger partial charge in [0.2, 0.25) is 0 Å². The van der Waals surface area contributed by atoms with E-state index in [-0.39, 0.29) is 26.8 Å². The minimum absolute atomic E-state index is 0.0475. The number of hydrogen-bond acceptors (Lipinski definition) is 5. The van der Waals surface area contributed by atoms with E-state index in [0.29, 0.717) is 0 Å². The van der Waals surface area contributed by atoms with Gasteiger partial charge in [0.25, 0.3) is 10.0 Å². The molecule has 2 aromatic carbocycles. The van der Waals surface area contributed by atoms with Crippen molar-refractivity contribution in [2.24, 2.45) is 0 Å². The van der Waals surface area contributed by atoms with E-state index in [9.17, 15) is 13.5 Å². The predicted molar refractivity (Wildman–Crippen MR) is 85.0 cm³/mol. The molecule has 22 heavy (non-hydrogen) atoms. The van der Waals surface area contributed by atoms with Gasteiger partial charge in [-0.1, -0.05) is 23.7 Å². The van der Waals surface area contributed by atoms with Crippen LogP contribution in [0.5, 0.6) is 5.75 Å². The Morgan fingerprint density at radius 1 is 1.09 bits per heavy atom. The average Bonchev–Trinajstić information content (AvgIpc) is 2.46. The van der Waals surface area contributed by atoms with E-state index in [1.807, 2.05) is 0 Å². The fraction of sp³-hybridized carbons (Fsp3) is 0.0769. The molecule has 0 spiro atoms. The van der Waals surface area contributed by atoms with E-state index in [0.717, 1.165) is 4.31 Å². The molecule has 116 valence electrons. The Labute approximate surface area is 133 Å². The SMILES string of the molecule is CN(c1ccc(Cl)cc1O)S(=O)(=O)c1ccc(B(O)O)cc1. The highest BCUT2D eigenvalue weighted by molar-refractivity contribution is 7.92. The first-order valence-electron chi connectivity index (χ1n) is 6.17. The molecule has 3 N–H and O–H groups in total. The molecule has 2 aromatic rings. The highest BCUT2D eigenvalue weighted by Gasteiger charge is 2.24. The molecule has 0 aromatic heterocycles. The largest absolute Gasteiger partial charge is 0.506 e. The maximum Gasteiger partial charge on any atom is 0.488 e. The lowest BCUT2D eigenvalue weighted by Crippen LogP contribution is -2.31. The van der Waals surface area contributed by atoms with Gasteiger partial charge in [0.05, 0.1) is 10.6 Å². The lowest BCUT2D eigenvalue weighted by atomic mass is 9.81. The number of nitrogens with zero attached hydrogens (tertiary/aromatic N) is 1. The third-order valence-electron chi connectivity index (χ3n) is 3.11. The Kier molecular flexibility index (Phi) is 4.67. The highest BCUT2D eigenvalue weighted by atomic mass is 35.5. The van der Waals surface area contributed by atoms with Crippen LogP contribution in [0, 0.1) is 0 Å². The first-order chi connectivity index (χ1) is 10.2. The zero-order valence-electron chi connectivity index (χ0n) is 11.5. The molecule has 0 fully saturated rings. The number of phenolic OH excluding ortho intramolecular Hbond substituents is 1. The molecule has 0 bridgehead atoms. The van der Waals surface area contributed by atoms with Crippen LogP contribution in [0.4, 0.5) is 5.69 Å². The van der Waals surface area contributed by atoms with Crippen molar-refractivity contribution in [2.75, 3.05) is 11.4 Å². The monoisotopic (exact) mass is 341 g/mol. The van der Waals surface area contributed by atoms with Crippen LogP contribution in [0.1, 0.15) is 0 Å². The van der Waals surface area contributed by atoms with Crippen molar-refractivity contribution < 1.29 is 23.6 Å². The van der Waals surface area contributed by atoms with Crippen LogP contribution in [0.25, 0.3) is 0 Å². The van der Waals surface area contributed by atoms with E-state index in [1.54, 1.807) is 0 Å². The van der Waals surface area contributed by atoms with Crippen LogP contribution in [0.2, 0.25) is 5.02 Å². The second kappa shape index (κ2) is 6.17. The quantitative estimate of drug-likeness (QED) is 0.706. The molecule has 0 aliphatic heterocycles. The Hall–Kier alpha value is -1.74. The molecule has 0 saturated heterocycles. The van der Waals surface area contributed by atoms with E-state index < -0.39 is 17.1 Å². The van der Waals surface area contributed by atoms with Crippen LogP contribution < -0.4 is 9.77 Å². The molecular weight excluding hydrogens is 328 g/mol. The van der Waals surface area contributed by atoms with E-state index in [1.165, 1.54) is 49.5 Å². The normalized spacial score (nSPS) is 11.3. The molecule has 0 unspecified atom stereocenters. The molecule has 0 atom stereocenters. The molecule has 6 nitrogen and oxygen atoms in total. The summed E-state index contributed by atoms with van der Waals surface area (Å²) >= 11 is 5.72. The number of halogens is 1. The number of rotatable bonds is 4. The Morgan fingerprint density at radius 2 is 1.68 bits per heavy atom. The van der Waals surface area contributed by atoms with Crippen molar-refractivity contribution in [1.29, 1.82) is 0 Å². The van der Waals surface area contributed by atoms with Crippen molar-refractivity contribution in [2.45, 2.75) is 4.90 Å². The van der Waals surface area contributed by atoms with Gasteiger partial charge in [-0.3, -0.25) is 4.31 Å². The van der Waals surface area contributed by atoms with Crippen LogP contribution in [-0.4, -0.2) is 37.7 Å². The fourth-order valence-electron chi connectivity index (χ4n) is 1.86. The molecule has 9 heteroatoms. The Bertz CT molecular complexity index is 780. The summed E-state index contributed by atoms with van der Waals surface area (Å²) < 4.78 is 25.9. The number of sulfonamides is 1. The second-order valence-corrected chi connectivity index (χ2v) is 6.95. The standard InChI is InChI=1S/C13H13BClNO5S/c1-16(12-7-4-10(15)8-13(12)17)22(20,21)11-5-2-9(3-6-11)14(18)19/h2-8,17-19H,1H3. The minimum Gasteiger partial charge on any atom is -0.506 e. The van der Waals surface area contributed by atoms with Crippen molar-refractivity contribution in [3.63, 3.8) is 0 Å². The summed E-state index contributed by atoms with van der Waals surface area (Å²) in [5, 5.41) is 28.2. The zero-order chi connectivity index (χ0) is 16.5. The molecule has 0 amide bonds. The highest BCUT2D eigenvalue weighted by Crippen LogP contribution is 2.32. The smallest absolute Gasteiger partial charge is 0.488 e. The third kappa shape index (κ3) is 3.20. The van der Waals surface area contributed by atoms with E-state index in [2.05, 4.69) is 0 Å². The summed E-state index contributed by atoms with van der Waals surface area (Å²) in [5.74, 6) is -0.263. The molecule has 0 heterocycles. The minimum atomic E-state index is -3.90. The van der Waals surface area contributed by atoms with Gasteiger partial charge in [0, 0.05) is 18.1 Å². The van der Waals surface area contributed by atoms with E-state index >= 15 is 0 Å². The van der Waals surface area contributed by atoms with Crippen LogP contribution >= 0.6 is 11.6 Å². The first kappa shape index (κ1) is 16.6. The molecule has 0 aliphatic carbocycles. The Balaban J connectivity index is 2.40. The van der Waals surface area contributed by atoms with Gasteiger partial charge >= 0.3 is 7.12 Å². The third-order valence-corrected chi connectivity index (χ3v) is 5.13. The lowest BCUT2D eigenvalue weighted by Gasteiger charge is -2.20. The molecule has 0 saturated carbocycles. The first-order valence-corrected chi connectivity index (χ1v) is 7.99. The summed E-state index contributed by atoms with van der Waals surface area (Å²) in [6, 6.07) is 9.21. The summed E-state index contributed by atoms with van der Waals surface area (Å²) in [7, 11) is -4.28. The van der Waals surface area contributed by atoms with Gasteiger partial charge in [-0.25, -0.2) is 8.42 Å². The topological polar surface area (TPSA) is 98.1 Å². The molecule has 2 rings (SSSR count). The van der Waals surface area contributed by atoms with Gasteiger partial charge in [-0.05, 0) is 29.7 Å². The number of phenols is 1. The summed E-state index contributed by atoms with van der Waals surface area (Å²) in [6.45, 7) is 0. The van der Waals surface area contributed by atoms with Crippen molar-refractivity contribution in [3.8, 4) is 5.75 Å². The van der Waals surface area contributed by atoms with Crippen LogP contribution in [0.3, 0.4) is 0 Å². The predicted octanol–water partition coefficient (Wildman–Crippen LogP) is 0.550. The molecule has 0 radical (unpaired) electrons. The maximum absolute atomic E-state index is 12.5. The number of benzene rings is 2. The average molecular weight is 342 g/mol. The molecular formula is C13H13BClNO5S. The molecule has 0 aliphatic rings. The van der Waals surface area contributed by atoms with Crippen molar-refractivity contribution >= 4 is 39.9 Å².